The van der Waals surface area contributed by atoms with Crippen LogP contribution in [-0.4, -0.2) is 30.4 Å². The minimum absolute atomic E-state index is 0.0183. The lowest BCUT2D eigenvalue weighted by molar-refractivity contribution is 0.566. The second-order valence-electron chi connectivity index (χ2n) is 5.43. The van der Waals surface area contributed by atoms with Crippen molar-refractivity contribution in [3.63, 3.8) is 0 Å². The minimum atomic E-state index is -4.16. The summed E-state index contributed by atoms with van der Waals surface area (Å²) in [5.74, 6) is -1.98. The monoisotopic (exact) mass is 388 g/mol. The number of halogens is 2. The molecule has 6 nitrogen and oxygen atoms in total. The minimum Gasteiger partial charge on any atom is -0.266 e. The van der Waals surface area contributed by atoms with E-state index in [0.29, 0.717) is 23.7 Å². The summed E-state index contributed by atoms with van der Waals surface area (Å²) in [6, 6.07) is 6.13. The maximum absolute atomic E-state index is 13.4. The van der Waals surface area contributed by atoms with E-state index in [2.05, 4.69) is 4.72 Å². The van der Waals surface area contributed by atoms with E-state index in [0.717, 1.165) is 16.4 Å². The number of fused-ring (bicyclic) bond motifs is 1. The number of anilines is 1. The van der Waals surface area contributed by atoms with Gasteiger partial charge in [-0.1, -0.05) is 0 Å². The SMILES string of the molecule is CNS(=O)(=O)c1ccc2c(c1)CCN2S(=O)(=O)c1cc(F)cc(F)c1. The van der Waals surface area contributed by atoms with Gasteiger partial charge in [-0.15, -0.1) is 0 Å². The molecule has 1 heterocycles. The molecule has 134 valence electrons. The standard InChI is InChI=1S/C15H14F2N2O4S2/c1-18-24(20,21)13-2-3-15-10(6-13)4-5-19(15)25(22,23)14-8-11(16)7-12(17)9-14/h2-3,6-9,18H,4-5H2,1H3. The molecule has 0 unspecified atom stereocenters. The number of benzene rings is 2. The summed E-state index contributed by atoms with van der Waals surface area (Å²) in [5, 5.41) is 0. The zero-order valence-corrected chi connectivity index (χ0v) is 14.7. The van der Waals surface area contributed by atoms with Crippen LogP contribution in [0.25, 0.3) is 0 Å². The van der Waals surface area contributed by atoms with Gasteiger partial charge in [0.05, 0.1) is 15.5 Å². The molecule has 1 N–H and O–H groups in total. The smallest absolute Gasteiger partial charge is 0.264 e. The molecule has 0 aliphatic carbocycles. The molecule has 0 saturated carbocycles. The van der Waals surface area contributed by atoms with E-state index in [9.17, 15) is 25.6 Å². The summed E-state index contributed by atoms with van der Waals surface area (Å²) < 4.78 is 79.0. The second-order valence-corrected chi connectivity index (χ2v) is 9.18. The first kappa shape index (κ1) is 17.8. The van der Waals surface area contributed by atoms with Crippen molar-refractivity contribution in [1.82, 2.24) is 4.72 Å². The Hall–Kier alpha value is -2.04. The Labute approximate surface area is 144 Å². The van der Waals surface area contributed by atoms with Crippen molar-refractivity contribution >= 4 is 25.7 Å². The Balaban J connectivity index is 2.05. The molecule has 0 fully saturated rings. The van der Waals surface area contributed by atoms with Crippen LogP contribution in [0, 0.1) is 11.6 Å². The summed E-state index contributed by atoms with van der Waals surface area (Å²) in [7, 11) is -6.54. The van der Waals surface area contributed by atoms with Crippen LogP contribution < -0.4 is 9.03 Å². The molecule has 0 atom stereocenters. The molecule has 0 radical (unpaired) electrons. The molecule has 10 heteroatoms. The normalized spacial score (nSPS) is 14.6. The van der Waals surface area contributed by atoms with Gasteiger partial charge in [-0.05, 0) is 49.4 Å². The van der Waals surface area contributed by atoms with Crippen molar-refractivity contribution in [1.29, 1.82) is 0 Å². The molecule has 3 rings (SSSR count). The van der Waals surface area contributed by atoms with Crippen molar-refractivity contribution in [2.45, 2.75) is 16.2 Å². The number of hydrogen-bond acceptors (Lipinski definition) is 4. The fraction of sp³-hybridized carbons (Fsp3) is 0.200. The maximum atomic E-state index is 13.4. The van der Waals surface area contributed by atoms with Crippen molar-refractivity contribution in [3.05, 3.63) is 53.6 Å². The van der Waals surface area contributed by atoms with E-state index in [4.69, 9.17) is 0 Å². The molecule has 0 amide bonds. The zero-order valence-electron chi connectivity index (χ0n) is 13.0. The Morgan fingerprint density at radius 1 is 0.960 bits per heavy atom. The van der Waals surface area contributed by atoms with Crippen LogP contribution in [0.5, 0.6) is 0 Å². The van der Waals surface area contributed by atoms with E-state index in [1.807, 2.05) is 0 Å². The van der Waals surface area contributed by atoms with Gasteiger partial charge < -0.3 is 0 Å². The highest BCUT2D eigenvalue weighted by Crippen LogP contribution is 2.34. The van der Waals surface area contributed by atoms with Gasteiger partial charge in [0.2, 0.25) is 10.0 Å². The highest BCUT2D eigenvalue weighted by molar-refractivity contribution is 7.92. The van der Waals surface area contributed by atoms with Crippen molar-refractivity contribution < 1.29 is 25.6 Å². The molecule has 1 aliphatic rings. The van der Waals surface area contributed by atoms with Crippen LogP contribution in [0.2, 0.25) is 0 Å². The molecule has 1 aliphatic heterocycles. The molecule has 25 heavy (non-hydrogen) atoms. The average molecular weight is 388 g/mol. The summed E-state index contributed by atoms with van der Waals surface area (Å²) in [6.07, 6.45) is 0.291. The van der Waals surface area contributed by atoms with Crippen LogP contribution in [0.3, 0.4) is 0 Å². The predicted octanol–water partition coefficient (Wildman–Crippen LogP) is 1.62. The van der Waals surface area contributed by atoms with E-state index < -0.39 is 36.6 Å². The Bertz CT molecular complexity index is 1030. The number of nitrogens with zero attached hydrogens (tertiary/aromatic N) is 1. The third-order valence-corrected chi connectivity index (χ3v) is 7.11. The van der Waals surface area contributed by atoms with Crippen LogP contribution >= 0.6 is 0 Å². The molecular weight excluding hydrogens is 374 g/mol. The van der Waals surface area contributed by atoms with Crippen molar-refractivity contribution in [2.24, 2.45) is 0 Å². The number of hydrogen-bond donors (Lipinski definition) is 1. The van der Waals surface area contributed by atoms with Gasteiger partial charge in [0.15, 0.2) is 0 Å². The van der Waals surface area contributed by atoms with Crippen molar-refractivity contribution in [3.8, 4) is 0 Å². The predicted molar refractivity (Wildman–Crippen MR) is 87.3 cm³/mol. The topological polar surface area (TPSA) is 83.6 Å². The summed E-state index contributed by atoms with van der Waals surface area (Å²) in [5.41, 5.74) is 0.816. The second kappa shape index (κ2) is 6.04. The number of sulfonamides is 2. The summed E-state index contributed by atoms with van der Waals surface area (Å²) >= 11 is 0. The first-order valence-electron chi connectivity index (χ1n) is 7.20. The van der Waals surface area contributed by atoms with Crippen LogP contribution in [0.15, 0.2) is 46.2 Å². The van der Waals surface area contributed by atoms with E-state index in [-0.39, 0.29) is 11.4 Å². The first-order chi connectivity index (χ1) is 11.6. The highest BCUT2D eigenvalue weighted by atomic mass is 32.2. The Morgan fingerprint density at radius 3 is 2.20 bits per heavy atom. The first-order valence-corrected chi connectivity index (χ1v) is 10.1. The fourth-order valence-corrected chi connectivity index (χ4v) is 5.01. The molecule has 2 aromatic rings. The van der Waals surface area contributed by atoms with Gasteiger partial charge in [0.25, 0.3) is 10.0 Å². The Kier molecular flexibility index (Phi) is 4.30. The Morgan fingerprint density at radius 2 is 1.60 bits per heavy atom. The van der Waals surface area contributed by atoms with Gasteiger partial charge in [-0.3, -0.25) is 4.31 Å². The lowest BCUT2D eigenvalue weighted by Crippen LogP contribution is -2.29. The molecule has 0 spiro atoms. The average Bonchev–Trinajstić information content (AvgIpc) is 2.97. The summed E-state index contributed by atoms with van der Waals surface area (Å²) in [6.45, 7) is 0.0544. The van der Waals surface area contributed by atoms with Crippen molar-refractivity contribution in [2.75, 3.05) is 17.9 Å². The lowest BCUT2D eigenvalue weighted by Gasteiger charge is -2.20. The van der Waals surface area contributed by atoms with Crippen LogP contribution in [0.1, 0.15) is 5.56 Å². The quantitative estimate of drug-likeness (QED) is 0.863. The lowest BCUT2D eigenvalue weighted by atomic mass is 10.2. The maximum Gasteiger partial charge on any atom is 0.264 e. The summed E-state index contributed by atoms with van der Waals surface area (Å²) in [4.78, 5) is -0.477. The highest BCUT2D eigenvalue weighted by Gasteiger charge is 2.32. The number of rotatable bonds is 4. The van der Waals surface area contributed by atoms with E-state index in [1.165, 1.54) is 25.2 Å². The van der Waals surface area contributed by atoms with E-state index >= 15 is 0 Å². The molecule has 0 saturated heterocycles. The largest absolute Gasteiger partial charge is 0.266 e. The van der Waals surface area contributed by atoms with Crippen LogP contribution in [-0.2, 0) is 26.5 Å². The zero-order chi connectivity index (χ0) is 18.4. The van der Waals surface area contributed by atoms with Gasteiger partial charge in [-0.2, -0.15) is 0 Å². The molecule has 0 bridgehead atoms. The van der Waals surface area contributed by atoms with Gasteiger partial charge in [-0.25, -0.2) is 30.3 Å². The molecule has 2 aromatic carbocycles. The fourth-order valence-electron chi connectivity index (χ4n) is 2.69. The van der Waals surface area contributed by atoms with Gasteiger partial charge >= 0.3 is 0 Å². The molecule has 0 aromatic heterocycles. The number of nitrogens with one attached hydrogen (secondary N) is 1. The van der Waals surface area contributed by atoms with E-state index in [1.54, 1.807) is 0 Å². The van der Waals surface area contributed by atoms with Gasteiger partial charge in [0.1, 0.15) is 11.6 Å². The third-order valence-electron chi connectivity index (χ3n) is 3.91. The van der Waals surface area contributed by atoms with Crippen LogP contribution in [0.4, 0.5) is 14.5 Å². The van der Waals surface area contributed by atoms with Gasteiger partial charge in [0, 0.05) is 12.6 Å². The molecular formula is C15H14F2N2O4S2. The third kappa shape index (κ3) is 3.12.